The zero-order chi connectivity index (χ0) is 23.8. The quantitative estimate of drug-likeness (QED) is 0.498. The van der Waals surface area contributed by atoms with E-state index in [2.05, 4.69) is 20.6 Å². The molecule has 0 saturated carbocycles. The molecule has 1 fully saturated rings. The molecule has 1 saturated heterocycles. The molecule has 4 N–H and O–H groups in total. The lowest BCUT2D eigenvalue weighted by Gasteiger charge is -2.22. The summed E-state index contributed by atoms with van der Waals surface area (Å²) < 4.78 is 31.7. The molecule has 5 rings (SSSR count). The van der Waals surface area contributed by atoms with Crippen LogP contribution in [0.5, 0.6) is 11.8 Å². The SMILES string of the molecule is CCC1COCC1NC(=O)Oc1cc2cc(-c3cnc4c(c3C)NCCO4)c(F)c(N)c2cn1. The van der Waals surface area contributed by atoms with Gasteiger partial charge in [0.1, 0.15) is 12.3 Å². The van der Waals surface area contributed by atoms with Gasteiger partial charge < -0.3 is 30.6 Å². The minimum Gasteiger partial charge on any atom is -0.474 e. The van der Waals surface area contributed by atoms with Crippen LogP contribution in [-0.2, 0) is 4.74 Å². The minimum atomic E-state index is -0.614. The zero-order valence-electron chi connectivity index (χ0n) is 19.0. The summed E-state index contributed by atoms with van der Waals surface area (Å²) >= 11 is 0. The highest BCUT2D eigenvalue weighted by atomic mass is 19.1. The van der Waals surface area contributed by atoms with E-state index in [0.717, 1.165) is 17.7 Å². The molecule has 0 radical (unpaired) electrons. The van der Waals surface area contributed by atoms with Crippen LogP contribution in [0.4, 0.5) is 20.6 Å². The van der Waals surface area contributed by atoms with Gasteiger partial charge in [-0.1, -0.05) is 6.92 Å². The van der Waals surface area contributed by atoms with Gasteiger partial charge in [0.15, 0.2) is 5.82 Å². The number of benzene rings is 1. The van der Waals surface area contributed by atoms with Crippen LogP contribution in [0, 0.1) is 18.7 Å². The number of fused-ring (bicyclic) bond motifs is 2. The Balaban J connectivity index is 1.46. The number of amides is 1. The topological polar surface area (TPSA) is 121 Å². The van der Waals surface area contributed by atoms with Crippen molar-refractivity contribution in [2.45, 2.75) is 26.3 Å². The highest BCUT2D eigenvalue weighted by Crippen LogP contribution is 2.39. The van der Waals surface area contributed by atoms with Crippen LogP contribution in [0.25, 0.3) is 21.9 Å². The number of aromatic nitrogens is 2. The lowest BCUT2D eigenvalue weighted by molar-refractivity contribution is 0.176. The Morgan fingerprint density at radius 1 is 1.29 bits per heavy atom. The van der Waals surface area contributed by atoms with E-state index in [9.17, 15) is 4.79 Å². The Morgan fingerprint density at radius 2 is 2.15 bits per heavy atom. The molecule has 0 spiro atoms. The van der Waals surface area contributed by atoms with Gasteiger partial charge in [-0.2, -0.15) is 0 Å². The number of anilines is 2. The molecule has 10 heteroatoms. The van der Waals surface area contributed by atoms with Gasteiger partial charge in [0.05, 0.1) is 24.9 Å². The van der Waals surface area contributed by atoms with E-state index >= 15 is 4.39 Å². The van der Waals surface area contributed by atoms with Crippen LogP contribution in [0.15, 0.2) is 24.5 Å². The number of carbonyl (C=O) groups excluding carboxylic acids is 1. The van der Waals surface area contributed by atoms with Crippen molar-refractivity contribution >= 4 is 28.2 Å². The molecule has 2 aliphatic rings. The molecular weight excluding hydrogens is 441 g/mol. The van der Waals surface area contributed by atoms with Gasteiger partial charge in [0, 0.05) is 47.4 Å². The van der Waals surface area contributed by atoms with Crippen molar-refractivity contribution in [2.75, 3.05) is 37.4 Å². The van der Waals surface area contributed by atoms with Crippen LogP contribution < -0.4 is 25.8 Å². The van der Waals surface area contributed by atoms with Gasteiger partial charge in [-0.25, -0.2) is 19.2 Å². The predicted octanol–water partition coefficient (Wildman–Crippen LogP) is 3.64. The molecule has 34 heavy (non-hydrogen) atoms. The van der Waals surface area contributed by atoms with E-state index in [4.69, 9.17) is 19.9 Å². The van der Waals surface area contributed by atoms with Crippen LogP contribution in [0.3, 0.4) is 0 Å². The number of nitrogens with two attached hydrogens (primary N) is 1. The van der Waals surface area contributed by atoms with Gasteiger partial charge >= 0.3 is 6.09 Å². The number of ether oxygens (including phenoxy) is 3. The maximum atomic E-state index is 15.3. The number of pyridine rings is 2. The summed E-state index contributed by atoms with van der Waals surface area (Å²) in [7, 11) is 0. The molecule has 0 bridgehead atoms. The summed E-state index contributed by atoms with van der Waals surface area (Å²) in [6.45, 7) is 6.15. The first-order valence-corrected chi connectivity index (χ1v) is 11.3. The van der Waals surface area contributed by atoms with Crippen molar-refractivity contribution in [3.05, 3.63) is 35.9 Å². The first-order chi connectivity index (χ1) is 16.5. The number of nitrogen functional groups attached to an aromatic ring is 1. The van der Waals surface area contributed by atoms with Crippen LogP contribution in [0.2, 0.25) is 0 Å². The third kappa shape index (κ3) is 3.94. The Kier molecular flexibility index (Phi) is 5.82. The summed E-state index contributed by atoms with van der Waals surface area (Å²) in [5.41, 5.74) is 8.51. The predicted molar refractivity (Wildman–Crippen MR) is 126 cm³/mol. The Morgan fingerprint density at radius 3 is 2.97 bits per heavy atom. The second kappa shape index (κ2) is 8.94. The number of nitrogens with zero attached hydrogens (tertiary/aromatic N) is 2. The maximum absolute atomic E-state index is 15.3. The largest absolute Gasteiger partial charge is 0.474 e. The summed E-state index contributed by atoms with van der Waals surface area (Å²) in [4.78, 5) is 20.9. The normalized spacial score (nSPS) is 19.3. The van der Waals surface area contributed by atoms with Crippen molar-refractivity contribution < 1.29 is 23.4 Å². The van der Waals surface area contributed by atoms with Crippen molar-refractivity contribution in [1.29, 1.82) is 0 Å². The van der Waals surface area contributed by atoms with E-state index in [1.807, 2.05) is 13.8 Å². The molecule has 0 aliphatic carbocycles. The molecule has 178 valence electrons. The van der Waals surface area contributed by atoms with E-state index in [1.54, 1.807) is 18.3 Å². The molecule has 2 aliphatic heterocycles. The number of hydrogen-bond donors (Lipinski definition) is 3. The number of carbonyl (C=O) groups is 1. The van der Waals surface area contributed by atoms with Gasteiger partial charge in [-0.15, -0.1) is 0 Å². The summed E-state index contributed by atoms with van der Waals surface area (Å²) in [6.07, 6.45) is 3.26. The molecule has 1 aromatic carbocycles. The third-order valence-corrected chi connectivity index (χ3v) is 6.43. The van der Waals surface area contributed by atoms with Crippen LogP contribution >= 0.6 is 0 Å². The molecule has 2 aromatic heterocycles. The standard InChI is InChI=1S/C24H26FN5O4/c1-3-13-10-32-11-18(13)30-24(31)34-19-7-14-6-15(20(25)21(26)17(14)9-28-19)16-8-29-23-22(12(16)2)27-4-5-33-23/h6-9,13,18,27H,3-5,10-11,26H2,1-2H3,(H,30,31). The Labute approximate surface area is 195 Å². The summed E-state index contributed by atoms with van der Waals surface area (Å²) in [6, 6.07) is 3.12. The lowest BCUT2D eigenvalue weighted by atomic mass is 9.97. The average molecular weight is 468 g/mol. The Hall–Kier alpha value is -3.66. The van der Waals surface area contributed by atoms with Gasteiger partial charge in [-0.05, 0) is 30.4 Å². The van der Waals surface area contributed by atoms with Gasteiger partial charge in [-0.3, -0.25) is 0 Å². The molecule has 4 heterocycles. The molecule has 1 amide bonds. The first-order valence-electron chi connectivity index (χ1n) is 11.3. The smallest absolute Gasteiger partial charge is 0.414 e. The van der Waals surface area contributed by atoms with Gasteiger partial charge in [0.2, 0.25) is 11.8 Å². The monoisotopic (exact) mass is 467 g/mol. The van der Waals surface area contributed by atoms with Crippen molar-refractivity contribution in [2.24, 2.45) is 5.92 Å². The fourth-order valence-electron chi connectivity index (χ4n) is 4.46. The maximum Gasteiger partial charge on any atom is 0.414 e. The highest BCUT2D eigenvalue weighted by Gasteiger charge is 2.29. The van der Waals surface area contributed by atoms with E-state index in [1.165, 1.54) is 6.20 Å². The summed E-state index contributed by atoms with van der Waals surface area (Å²) in [5.74, 6) is 0.264. The number of nitrogens with one attached hydrogen (secondary N) is 2. The summed E-state index contributed by atoms with van der Waals surface area (Å²) in [5, 5.41) is 7.10. The van der Waals surface area contributed by atoms with E-state index < -0.39 is 11.9 Å². The third-order valence-electron chi connectivity index (χ3n) is 6.43. The Bertz CT molecular complexity index is 1270. The number of halogens is 1. The van der Waals surface area contributed by atoms with Crippen LogP contribution in [0.1, 0.15) is 18.9 Å². The van der Waals surface area contributed by atoms with Crippen LogP contribution in [-0.4, -0.2) is 48.5 Å². The molecule has 9 nitrogen and oxygen atoms in total. The number of hydrogen-bond acceptors (Lipinski definition) is 8. The molecule has 3 aromatic rings. The fraction of sp³-hybridized carbons (Fsp3) is 0.375. The van der Waals surface area contributed by atoms with Gasteiger partial charge in [0.25, 0.3) is 0 Å². The lowest BCUT2D eigenvalue weighted by Crippen LogP contribution is -2.41. The van der Waals surface area contributed by atoms with Crippen molar-refractivity contribution in [1.82, 2.24) is 15.3 Å². The van der Waals surface area contributed by atoms with Crippen molar-refractivity contribution in [3.63, 3.8) is 0 Å². The zero-order valence-corrected chi connectivity index (χ0v) is 19.0. The molecule has 2 unspecified atom stereocenters. The fourth-order valence-corrected chi connectivity index (χ4v) is 4.46. The van der Waals surface area contributed by atoms with Crippen molar-refractivity contribution in [3.8, 4) is 22.9 Å². The number of rotatable bonds is 4. The molecule has 2 atom stereocenters. The second-order valence-corrected chi connectivity index (χ2v) is 8.49. The van der Waals surface area contributed by atoms with E-state index in [0.29, 0.717) is 54.1 Å². The molecular formula is C24H26FN5O4. The second-order valence-electron chi connectivity index (χ2n) is 8.49. The average Bonchev–Trinajstić information content (AvgIpc) is 3.29. The highest BCUT2D eigenvalue weighted by molar-refractivity contribution is 5.98. The van der Waals surface area contributed by atoms with E-state index in [-0.39, 0.29) is 23.5 Å². The first kappa shape index (κ1) is 22.1. The minimum absolute atomic E-state index is 0.0359.